The fourth-order valence-corrected chi connectivity index (χ4v) is 2.49. The van der Waals surface area contributed by atoms with Gasteiger partial charge in [-0.25, -0.2) is 0 Å². The Morgan fingerprint density at radius 1 is 1.60 bits per heavy atom. The molecule has 1 aromatic heterocycles. The lowest BCUT2D eigenvalue weighted by Crippen LogP contribution is -2.29. The molecule has 0 spiro atoms. The molecule has 0 unspecified atom stereocenters. The van der Waals surface area contributed by atoms with Crippen LogP contribution in [0.3, 0.4) is 0 Å². The third-order valence-electron chi connectivity index (χ3n) is 2.40. The lowest BCUT2D eigenvalue weighted by Gasteiger charge is -2.15. The summed E-state index contributed by atoms with van der Waals surface area (Å²) >= 11 is 1.75. The van der Waals surface area contributed by atoms with Crippen LogP contribution in [0.5, 0.6) is 0 Å². The maximum absolute atomic E-state index is 12.0. The maximum atomic E-state index is 12.0. The van der Waals surface area contributed by atoms with Gasteiger partial charge in [0.05, 0.1) is 11.4 Å². The lowest BCUT2D eigenvalue weighted by molar-refractivity contribution is 0.0801. The van der Waals surface area contributed by atoms with Crippen molar-refractivity contribution in [1.82, 2.24) is 9.88 Å². The van der Waals surface area contributed by atoms with Crippen LogP contribution in [0.1, 0.15) is 15.9 Å². The van der Waals surface area contributed by atoms with Gasteiger partial charge < -0.3 is 9.88 Å². The summed E-state index contributed by atoms with van der Waals surface area (Å²) in [5.41, 5.74) is 1.16. The number of carbonyl (C=O) groups excluding carboxylic acids is 1. The third kappa shape index (κ3) is 2.07. The standard InChI is InChI=1S/C10H12N2O2S/c1-7-4-9(13)11-5-8(7)10(14)12-2-3-15-6-12/h4-5H,2-3,6H2,1H3,(H,11,13). The van der Waals surface area contributed by atoms with Crippen molar-refractivity contribution in [2.45, 2.75) is 6.92 Å². The van der Waals surface area contributed by atoms with E-state index in [4.69, 9.17) is 0 Å². The number of hydrogen-bond acceptors (Lipinski definition) is 3. The van der Waals surface area contributed by atoms with Crippen molar-refractivity contribution in [1.29, 1.82) is 0 Å². The van der Waals surface area contributed by atoms with E-state index in [0.29, 0.717) is 5.56 Å². The molecule has 1 N–H and O–H groups in total. The topological polar surface area (TPSA) is 53.2 Å². The zero-order valence-electron chi connectivity index (χ0n) is 8.45. The highest BCUT2D eigenvalue weighted by Gasteiger charge is 2.21. The molecule has 1 saturated heterocycles. The number of rotatable bonds is 1. The van der Waals surface area contributed by atoms with Gasteiger partial charge in [-0.3, -0.25) is 9.59 Å². The fourth-order valence-electron chi connectivity index (χ4n) is 1.55. The Labute approximate surface area is 91.7 Å². The molecule has 1 aliphatic heterocycles. The Balaban J connectivity index is 2.28. The van der Waals surface area contributed by atoms with Crippen LogP contribution < -0.4 is 5.56 Å². The van der Waals surface area contributed by atoms with Crippen molar-refractivity contribution in [3.05, 3.63) is 33.7 Å². The highest BCUT2D eigenvalue weighted by Crippen LogP contribution is 2.17. The van der Waals surface area contributed by atoms with Crippen LogP contribution in [0.15, 0.2) is 17.1 Å². The normalized spacial score (nSPS) is 15.7. The van der Waals surface area contributed by atoms with Crippen LogP contribution >= 0.6 is 11.8 Å². The van der Waals surface area contributed by atoms with Gasteiger partial charge in [-0.05, 0) is 12.5 Å². The van der Waals surface area contributed by atoms with Crippen molar-refractivity contribution in [3.8, 4) is 0 Å². The second kappa shape index (κ2) is 4.10. The monoisotopic (exact) mass is 224 g/mol. The fraction of sp³-hybridized carbons (Fsp3) is 0.400. The Morgan fingerprint density at radius 3 is 3.00 bits per heavy atom. The largest absolute Gasteiger partial charge is 0.329 e. The minimum Gasteiger partial charge on any atom is -0.329 e. The molecule has 2 rings (SSSR count). The third-order valence-corrected chi connectivity index (χ3v) is 3.37. The van der Waals surface area contributed by atoms with Crippen LogP contribution in [-0.4, -0.2) is 34.0 Å². The molecule has 5 heteroatoms. The number of H-pyrrole nitrogens is 1. The number of thioether (sulfide) groups is 1. The van der Waals surface area contributed by atoms with Crippen LogP contribution in [0.2, 0.25) is 0 Å². The number of nitrogens with zero attached hydrogens (tertiary/aromatic N) is 1. The number of aromatic nitrogens is 1. The van der Waals surface area contributed by atoms with Crippen LogP contribution in [0.4, 0.5) is 0 Å². The first-order valence-corrected chi connectivity index (χ1v) is 5.90. The van der Waals surface area contributed by atoms with Crippen LogP contribution in [-0.2, 0) is 0 Å². The van der Waals surface area contributed by atoms with Crippen molar-refractivity contribution in [2.75, 3.05) is 18.2 Å². The van der Waals surface area contributed by atoms with E-state index in [2.05, 4.69) is 4.98 Å². The van der Waals surface area contributed by atoms with Gasteiger partial charge in [0, 0.05) is 24.6 Å². The second-order valence-electron chi connectivity index (χ2n) is 3.50. The molecule has 0 bridgehead atoms. The van der Waals surface area contributed by atoms with Crippen molar-refractivity contribution >= 4 is 17.7 Å². The van der Waals surface area contributed by atoms with Gasteiger partial charge in [-0.15, -0.1) is 11.8 Å². The minimum atomic E-state index is -0.167. The number of aryl methyl sites for hydroxylation is 1. The number of pyridine rings is 1. The van der Waals surface area contributed by atoms with E-state index < -0.39 is 0 Å². The first-order chi connectivity index (χ1) is 7.18. The van der Waals surface area contributed by atoms with E-state index in [9.17, 15) is 9.59 Å². The molecular formula is C10H12N2O2S. The summed E-state index contributed by atoms with van der Waals surface area (Å²) in [6.45, 7) is 2.58. The smallest absolute Gasteiger partial charge is 0.256 e. The van der Waals surface area contributed by atoms with E-state index in [1.54, 1.807) is 23.6 Å². The molecule has 80 valence electrons. The Morgan fingerprint density at radius 2 is 2.40 bits per heavy atom. The van der Waals surface area contributed by atoms with Crippen LogP contribution in [0.25, 0.3) is 0 Å². The minimum absolute atomic E-state index is 0.00810. The Hall–Kier alpha value is -1.23. The zero-order valence-corrected chi connectivity index (χ0v) is 9.26. The molecule has 0 aliphatic carbocycles. The van der Waals surface area contributed by atoms with Gasteiger partial charge >= 0.3 is 0 Å². The molecule has 0 atom stereocenters. The van der Waals surface area contributed by atoms with Crippen molar-refractivity contribution in [2.24, 2.45) is 0 Å². The molecule has 0 aromatic carbocycles. The van der Waals surface area contributed by atoms with Gasteiger partial charge in [0.25, 0.3) is 5.91 Å². The summed E-state index contributed by atoms with van der Waals surface area (Å²) in [6, 6.07) is 1.45. The predicted molar refractivity (Wildman–Crippen MR) is 60.2 cm³/mol. The highest BCUT2D eigenvalue weighted by atomic mass is 32.2. The Kier molecular flexibility index (Phi) is 2.81. The predicted octanol–water partition coefficient (Wildman–Crippen LogP) is 0.830. The number of aromatic amines is 1. The summed E-state index contributed by atoms with van der Waals surface area (Å²) in [6.07, 6.45) is 1.50. The van der Waals surface area contributed by atoms with Gasteiger partial charge in [0.1, 0.15) is 0 Å². The molecular weight excluding hydrogens is 212 g/mol. The SMILES string of the molecule is Cc1cc(=O)[nH]cc1C(=O)N1CCSC1. The van der Waals surface area contributed by atoms with E-state index in [1.807, 2.05) is 0 Å². The molecule has 4 nitrogen and oxygen atoms in total. The first-order valence-electron chi connectivity index (χ1n) is 4.75. The first kappa shape index (κ1) is 10.3. The van der Waals surface area contributed by atoms with Crippen molar-refractivity contribution in [3.63, 3.8) is 0 Å². The average molecular weight is 224 g/mol. The van der Waals surface area contributed by atoms with E-state index in [-0.39, 0.29) is 11.5 Å². The number of amides is 1. The molecule has 1 amide bonds. The molecule has 0 saturated carbocycles. The van der Waals surface area contributed by atoms with Gasteiger partial charge in [-0.2, -0.15) is 0 Å². The zero-order chi connectivity index (χ0) is 10.8. The summed E-state index contributed by atoms with van der Waals surface area (Å²) in [5.74, 6) is 1.75. The molecule has 1 aliphatic rings. The molecule has 15 heavy (non-hydrogen) atoms. The number of nitrogens with one attached hydrogen (secondary N) is 1. The summed E-state index contributed by atoms with van der Waals surface area (Å²) in [7, 11) is 0. The quantitative estimate of drug-likeness (QED) is 0.768. The van der Waals surface area contributed by atoms with E-state index >= 15 is 0 Å². The maximum Gasteiger partial charge on any atom is 0.256 e. The summed E-state index contributed by atoms with van der Waals surface area (Å²) in [5, 5.41) is 0. The molecule has 1 fully saturated rings. The highest BCUT2D eigenvalue weighted by molar-refractivity contribution is 7.99. The van der Waals surface area contributed by atoms with Crippen molar-refractivity contribution < 1.29 is 4.79 Å². The number of hydrogen-bond donors (Lipinski definition) is 1. The Bertz CT molecular complexity index is 435. The van der Waals surface area contributed by atoms with Gasteiger partial charge in [0.15, 0.2) is 0 Å². The summed E-state index contributed by atoms with van der Waals surface area (Å²) in [4.78, 5) is 27.3. The lowest BCUT2D eigenvalue weighted by atomic mass is 10.1. The molecule has 0 radical (unpaired) electrons. The van der Waals surface area contributed by atoms with Crippen LogP contribution in [0, 0.1) is 6.92 Å². The number of carbonyl (C=O) groups is 1. The summed E-state index contributed by atoms with van der Waals surface area (Å²) < 4.78 is 0. The average Bonchev–Trinajstić information content (AvgIpc) is 2.69. The molecule has 1 aromatic rings. The van der Waals surface area contributed by atoms with Gasteiger partial charge in [-0.1, -0.05) is 0 Å². The van der Waals surface area contributed by atoms with E-state index in [0.717, 1.165) is 23.7 Å². The molecule has 2 heterocycles. The van der Waals surface area contributed by atoms with E-state index in [1.165, 1.54) is 12.3 Å². The second-order valence-corrected chi connectivity index (χ2v) is 4.57. The van der Waals surface area contributed by atoms with Gasteiger partial charge in [0.2, 0.25) is 5.56 Å².